The largest absolute Gasteiger partial charge is 0.351 e. The van der Waals surface area contributed by atoms with Gasteiger partial charge in [-0.15, -0.1) is 24.8 Å². The lowest BCUT2D eigenvalue weighted by molar-refractivity contribution is -0.122. The van der Waals surface area contributed by atoms with Crippen LogP contribution in [0.3, 0.4) is 0 Å². The van der Waals surface area contributed by atoms with E-state index < -0.39 is 15.9 Å². The number of nitrogens with one attached hydrogen (secondary N) is 1. The van der Waals surface area contributed by atoms with Gasteiger partial charge in [0.2, 0.25) is 5.91 Å². The number of amides is 1. The van der Waals surface area contributed by atoms with Crippen molar-refractivity contribution in [2.24, 2.45) is 11.7 Å². The van der Waals surface area contributed by atoms with Crippen LogP contribution >= 0.6 is 24.8 Å². The van der Waals surface area contributed by atoms with Crippen molar-refractivity contribution >= 4 is 40.6 Å². The van der Waals surface area contributed by atoms with Crippen LogP contribution in [0.5, 0.6) is 0 Å². The Bertz CT molecular complexity index is 708. The molecule has 0 aliphatic carbocycles. The Balaban J connectivity index is 0.00000364. The molecule has 1 atom stereocenters. The Hall–Kier alpha value is -0.860. The first kappa shape index (κ1) is 27.1. The molecule has 1 heterocycles. The van der Waals surface area contributed by atoms with Gasteiger partial charge in [-0.2, -0.15) is 0 Å². The van der Waals surface area contributed by atoms with Crippen molar-refractivity contribution in [2.45, 2.75) is 45.3 Å². The smallest absolute Gasteiger partial charge is 0.237 e. The van der Waals surface area contributed by atoms with Crippen LogP contribution in [0.1, 0.15) is 37.3 Å². The third-order valence-electron chi connectivity index (χ3n) is 4.98. The van der Waals surface area contributed by atoms with Crippen LogP contribution in [0, 0.1) is 5.92 Å². The molecule has 1 aromatic carbocycles. The Morgan fingerprint density at radius 2 is 1.79 bits per heavy atom. The minimum Gasteiger partial charge on any atom is -0.351 e. The number of likely N-dealkylation sites (tertiary alicyclic amines) is 1. The SMILES string of the molecule is CC1CCN(Cc2ccccc2CNC(=O)C(N)CCS(C)(=O)=O)CC1.Cl.Cl. The summed E-state index contributed by atoms with van der Waals surface area (Å²) in [6.45, 7) is 5.81. The molecule has 3 N–H and O–H groups in total. The number of sulfone groups is 1. The zero-order chi connectivity index (χ0) is 19.2. The number of hydrogen-bond donors (Lipinski definition) is 2. The second kappa shape index (κ2) is 12.6. The highest BCUT2D eigenvalue weighted by Gasteiger charge is 2.18. The van der Waals surface area contributed by atoms with E-state index >= 15 is 0 Å². The summed E-state index contributed by atoms with van der Waals surface area (Å²) in [5, 5.41) is 2.84. The summed E-state index contributed by atoms with van der Waals surface area (Å²) in [5.74, 6) is 0.412. The third-order valence-corrected chi connectivity index (χ3v) is 5.96. The molecule has 162 valence electrons. The van der Waals surface area contributed by atoms with Crippen LogP contribution in [0.2, 0.25) is 0 Å². The van der Waals surface area contributed by atoms with Gasteiger partial charge in [-0.3, -0.25) is 9.69 Å². The van der Waals surface area contributed by atoms with Gasteiger partial charge in [0.15, 0.2) is 0 Å². The second-order valence-corrected chi connectivity index (χ2v) is 9.73. The normalized spacial score (nSPS) is 16.5. The summed E-state index contributed by atoms with van der Waals surface area (Å²) >= 11 is 0. The van der Waals surface area contributed by atoms with Crippen LogP contribution in [0.25, 0.3) is 0 Å². The number of halogens is 2. The Morgan fingerprint density at radius 1 is 1.21 bits per heavy atom. The molecule has 1 unspecified atom stereocenters. The van der Waals surface area contributed by atoms with E-state index in [1.165, 1.54) is 18.4 Å². The van der Waals surface area contributed by atoms with Gasteiger partial charge in [-0.25, -0.2) is 8.42 Å². The minimum absolute atomic E-state index is 0. The number of carbonyl (C=O) groups is 1. The highest BCUT2D eigenvalue weighted by molar-refractivity contribution is 7.90. The lowest BCUT2D eigenvalue weighted by atomic mass is 9.98. The van der Waals surface area contributed by atoms with Crippen molar-refractivity contribution in [3.8, 4) is 0 Å². The molecule has 0 aromatic heterocycles. The maximum absolute atomic E-state index is 12.1. The van der Waals surface area contributed by atoms with E-state index in [0.29, 0.717) is 6.54 Å². The number of piperidine rings is 1. The van der Waals surface area contributed by atoms with Crippen molar-refractivity contribution in [2.75, 3.05) is 25.1 Å². The first-order valence-corrected chi connectivity index (χ1v) is 11.3. The summed E-state index contributed by atoms with van der Waals surface area (Å²) < 4.78 is 22.4. The fourth-order valence-electron chi connectivity index (χ4n) is 3.13. The summed E-state index contributed by atoms with van der Waals surface area (Å²) in [6.07, 6.45) is 3.75. The van der Waals surface area contributed by atoms with Crippen LogP contribution in [0.4, 0.5) is 0 Å². The van der Waals surface area contributed by atoms with Crippen molar-refractivity contribution in [1.29, 1.82) is 0 Å². The predicted octanol–water partition coefficient (Wildman–Crippen LogP) is 2.14. The fourth-order valence-corrected chi connectivity index (χ4v) is 3.81. The number of nitrogens with two attached hydrogens (primary N) is 1. The molecule has 0 bridgehead atoms. The summed E-state index contributed by atoms with van der Waals surface area (Å²) in [5.41, 5.74) is 8.10. The molecule has 1 fully saturated rings. The molecule has 28 heavy (non-hydrogen) atoms. The van der Waals surface area contributed by atoms with Gasteiger partial charge >= 0.3 is 0 Å². The highest BCUT2D eigenvalue weighted by Crippen LogP contribution is 2.19. The predicted molar refractivity (Wildman–Crippen MR) is 119 cm³/mol. The van der Waals surface area contributed by atoms with Gasteiger partial charge in [-0.05, 0) is 49.4 Å². The first-order chi connectivity index (χ1) is 12.2. The monoisotopic (exact) mass is 453 g/mol. The summed E-state index contributed by atoms with van der Waals surface area (Å²) in [6, 6.07) is 7.30. The molecule has 1 saturated heterocycles. The van der Waals surface area contributed by atoms with Crippen molar-refractivity contribution in [3.05, 3.63) is 35.4 Å². The van der Waals surface area contributed by atoms with E-state index in [4.69, 9.17) is 5.73 Å². The lowest BCUT2D eigenvalue weighted by Crippen LogP contribution is -2.41. The molecule has 6 nitrogen and oxygen atoms in total. The van der Waals surface area contributed by atoms with E-state index in [-0.39, 0.29) is 42.9 Å². The Labute approximate surface area is 181 Å². The third kappa shape index (κ3) is 9.56. The second-order valence-electron chi connectivity index (χ2n) is 7.47. The van der Waals surface area contributed by atoms with E-state index in [1.54, 1.807) is 0 Å². The van der Waals surface area contributed by atoms with E-state index in [2.05, 4.69) is 23.2 Å². The zero-order valence-electron chi connectivity index (χ0n) is 16.6. The van der Waals surface area contributed by atoms with Crippen LogP contribution in [-0.4, -0.2) is 50.4 Å². The number of benzene rings is 1. The van der Waals surface area contributed by atoms with E-state index in [1.807, 2.05) is 18.2 Å². The van der Waals surface area contributed by atoms with Gasteiger partial charge in [0.1, 0.15) is 9.84 Å². The molecule has 1 amide bonds. The highest BCUT2D eigenvalue weighted by atomic mass is 35.5. The van der Waals surface area contributed by atoms with Crippen molar-refractivity contribution in [3.63, 3.8) is 0 Å². The molecule has 1 aromatic rings. The molecular formula is C19H33Cl2N3O3S. The maximum Gasteiger partial charge on any atom is 0.237 e. The van der Waals surface area contributed by atoms with Gasteiger partial charge in [-0.1, -0.05) is 31.2 Å². The standard InChI is InChI=1S/C19H31N3O3S.2ClH/c1-15-7-10-22(11-8-15)14-17-6-4-3-5-16(17)13-21-19(23)18(20)9-12-26(2,24)25;;/h3-6,15,18H,7-14,20H2,1-2H3,(H,21,23);2*1H. The fraction of sp³-hybridized carbons (Fsp3) is 0.632. The molecule has 0 saturated carbocycles. The molecule has 0 spiro atoms. The van der Waals surface area contributed by atoms with E-state index in [0.717, 1.165) is 37.4 Å². The van der Waals surface area contributed by atoms with Crippen molar-refractivity contribution < 1.29 is 13.2 Å². The van der Waals surface area contributed by atoms with Crippen LogP contribution < -0.4 is 11.1 Å². The van der Waals surface area contributed by atoms with Crippen LogP contribution in [0.15, 0.2) is 24.3 Å². The average molecular weight is 454 g/mol. The number of nitrogens with zero attached hydrogens (tertiary/aromatic N) is 1. The molecule has 9 heteroatoms. The topological polar surface area (TPSA) is 92.5 Å². The lowest BCUT2D eigenvalue weighted by Gasteiger charge is -2.30. The summed E-state index contributed by atoms with van der Waals surface area (Å²) in [7, 11) is -3.11. The average Bonchev–Trinajstić information content (AvgIpc) is 2.60. The Morgan fingerprint density at radius 3 is 2.36 bits per heavy atom. The molecule has 2 rings (SSSR count). The number of carbonyl (C=O) groups excluding carboxylic acids is 1. The number of hydrogen-bond acceptors (Lipinski definition) is 5. The number of rotatable bonds is 8. The molecular weight excluding hydrogens is 421 g/mol. The zero-order valence-corrected chi connectivity index (χ0v) is 19.0. The Kier molecular flexibility index (Phi) is 12.3. The summed E-state index contributed by atoms with van der Waals surface area (Å²) in [4.78, 5) is 14.6. The van der Waals surface area contributed by atoms with Gasteiger partial charge < -0.3 is 11.1 Å². The maximum atomic E-state index is 12.1. The quantitative estimate of drug-likeness (QED) is 0.628. The minimum atomic E-state index is -3.11. The first-order valence-electron chi connectivity index (χ1n) is 9.25. The van der Waals surface area contributed by atoms with Gasteiger partial charge in [0.05, 0.1) is 11.8 Å². The van der Waals surface area contributed by atoms with Crippen LogP contribution in [-0.2, 0) is 27.7 Å². The van der Waals surface area contributed by atoms with Gasteiger partial charge in [0, 0.05) is 19.3 Å². The molecule has 1 aliphatic rings. The van der Waals surface area contributed by atoms with Gasteiger partial charge in [0.25, 0.3) is 0 Å². The molecule has 1 aliphatic heterocycles. The molecule has 0 radical (unpaired) electrons. The van der Waals surface area contributed by atoms with E-state index in [9.17, 15) is 13.2 Å². The van der Waals surface area contributed by atoms with Crippen molar-refractivity contribution in [1.82, 2.24) is 10.2 Å².